The fourth-order valence-corrected chi connectivity index (χ4v) is 2.05. The van der Waals surface area contributed by atoms with Crippen molar-refractivity contribution in [2.75, 3.05) is 5.32 Å². The number of carbonyl (C=O) groups is 1. The Morgan fingerprint density at radius 1 is 1.19 bits per heavy atom. The van der Waals surface area contributed by atoms with Crippen LogP contribution < -0.4 is 5.32 Å². The Kier molecular flexibility index (Phi) is 3.27. The van der Waals surface area contributed by atoms with E-state index in [-0.39, 0.29) is 5.91 Å². The van der Waals surface area contributed by atoms with E-state index >= 15 is 0 Å². The SMILES string of the molecule is Cc1ncn(-c2ccc(NC(=O)c3ccn[nH]3)cc2)c1C. The summed E-state index contributed by atoms with van der Waals surface area (Å²) in [4.78, 5) is 16.2. The lowest BCUT2D eigenvalue weighted by molar-refractivity contribution is 0.102. The van der Waals surface area contributed by atoms with Gasteiger partial charge in [0.15, 0.2) is 0 Å². The van der Waals surface area contributed by atoms with Gasteiger partial charge in [-0.1, -0.05) is 0 Å². The van der Waals surface area contributed by atoms with Crippen LogP contribution in [0.25, 0.3) is 5.69 Å². The number of anilines is 1. The molecule has 0 radical (unpaired) electrons. The quantitative estimate of drug-likeness (QED) is 0.774. The normalized spacial score (nSPS) is 10.6. The number of nitrogens with zero attached hydrogens (tertiary/aromatic N) is 3. The van der Waals surface area contributed by atoms with Crippen LogP contribution in [0.5, 0.6) is 0 Å². The second-order valence-corrected chi connectivity index (χ2v) is 4.76. The van der Waals surface area contributed by atoms with Crippen LogP contribution in [0, 0.1) is 13.8 Å². The van der Waals surface area contributed by atoms with Gasteiger partial charge < -0.3 is 9.88 Å². The number of aromatic nitrogens is 4. The van der Waals surface area contributed by atoms with Crippen LogP contribution in [0.4, 0.5) is 5.69 Å². The smallest absolute Gasteiger partial charge is 0.273 e. The van der Waals surface area contributed by atoms with E-state index in [0.29, 0.717) is 5.69 Å². The van der Waals surface area contributed by atoms with Crippen LogP contribution in [0.15, 0.2) is 42.9 Å². The first-order valence-corrected chi connectivity index (χ1v) is 6.57. The maximum Gasteiger partial charge on any atom is 0.273 e. The van der Waals surface area contributed by atoms with Crippen molar-refractivity contribution in [3.05, 3.63) is 59.9 Å². The number of rotatable bonds is 3. The fourth-order valence-electron chi connectivity index (χ4n) is 2.05. The molecule has 0 saturated heterocycles. The Morgan fingerprint density at radius 3 is 2.52 bits per heavy atom. The lowest BCUT2D eigenvalue weighted by Crippen LogP contribution is -2.12. The number of aryl methyl sites for hydroxylation is 1. The summed E-state index contributed by atoms with van der Waals surface area (Å²) >= 11 is 0. The number of nitrogens with one attached hydrogen (secondary N) is 2. The second-order valence-electron chi connectivity index (χ2n) is 4.76. The van der Waals surface area contributed by atoms with Gasteiger partial charge in [0, 0.05) is 23.3 Å². The Hall–Kier alpha value is -2.89. The highest BCUT2D eigenvalue weighted by Gasteiger charge is 2.08. The standard InChI is InChI=1S/C15H15N5O/c1-10-11(2)20(9-16-10)13-5-3-12(4-6-13)18-15(21)14-7-8-17-19-14/h3-9H,1-2H3,(H,17,19)(H,18,21). The van der Waals surface area contributed by atoms with E-state index in [1.165, 1.54) is 0 Å². The van der Waals surface area contributed by atoms with Gasteiger partial charge >= 0.3 is 0 Å². The van der Waals surface area contributed by atoms with Crippen molar-refractivity contribution in [2.24, 2.45) is 0 Å². The van der Waals surface area contributed by atoms with Gasteiger partial charge in [-0.15, -0.1) is 0 Å². The van der Waals surface area contributed by atoms with E-state index in [1.807, 2.05) is 42.7 Å². The largest absolute Gasteiger partial charge is 0.321 e. The summed E-state index contributed by atoms with van der Waals surface area (Å²) in [5, 5.41) is 9.19. The van der Waals surface area contributed by atoms with E-state index in [1.54, 1.807) is 18.6 Å². The molecule has 2 N–H and O–H groups in total. The molecular weight excluding hydrogens is 266 g/mol. The molecule has 3 rings (SSSR count). The Labute approximate surface area is 121 Å². The van der Waals surface area contributed by atoms with Crippen LogP contribution in [0.1, 0.15) is 21.9 Å². The summed E-state index contributed by atoms with van der Waals surface area (Å²) in [7, 11) is 0. The Morgan fingerprint density at radius 2 is 1.95 bits per heavy atom. The lowest BCUT2D eigenvalue weighted by Gasteiger charge is -2.08. The predicted molar refractivity (Wildman–Crippen MR) is 79.6 cm³/mol. The summed E-state index contributed by atoms with van der Waals surface area (Å²) < 4.78 is 2.01. The third-order valence-corrected chi connectivity index (χ3v) is 3.40. The van der Waals surface area contributed by atoms with Crippen molar-refractivity contribution in [1.82, 2.24) is 19.7 Å². The molecule has 21 heavy (non-hydrogen) atoms. The van der Waals surface area contributed by atoms with Crippen molar-refractivity contribution < 1.29 is 4.79 Å². The number of benzene rings is 1. The predicted octanol–water partition coefficient (Wildman–Crippen LogP) is 2.46. The molecule has 0 saturated carbocycles. The molecule has 3 aromatic rings. The summed E-state index contributed by atoms with van der Waals surface area (Å²) in [6, 6.07) is 9.23. The maximum atomic E-state index is 11.9. The van der Waals surface area contributed by atoms with Gasteiger partial charge in [0.1, 0.15) is 5.69 Å². The van der Waals surface area contributed by atoms with Crippen molar-refractivity contribution >= 4 is 11.6 Å². The first kappa shape index (κ1) is 13.1. The van der Waals surface area contributed by atoms with E-state index in [4.69, 9.17) is 0 Å². The van der Waals surface area contributed by atoms with Crippen LogP contribution in [-0.4, -0.2) is 25.7 Å². The first-order valence-electron chi connectivity index (χ1n) is 6.57. The minimum atomic E-state index is -0.213. The number of amides is 1. The molecule has 106 valence electrons. The third-order valence-electron chi connectivity index (χ3n) is 3.40. The van der Waals surface area contributed by atoms with Gasteiger partial charge in [-0.2, -0.15) is 5.10 Å². The fraction of sp³-hybridized carbons (Fsp3) is 0.133. The number of hydrogen-bond donors (Lipinski definition) is 2. The average Bonchev–Trinajstić information content (AvgIpc) is 3.12. The number of hydrogen-bond acceptors (Lipinski definition) is 3. The van der Waals surface area contributed by atoms with Crippen molar-refractivity contribution in [2.45, 2.75) is 13.8 Å². The van der Waals surface area contributed by atoms with Crippen LogP contribution in [0.3, 0.4) is 0 Å². The van der Waals surface area contributed by atoms with Crippen LogP contribution in [0.2, 0.25) is 0 Å². The van der Waals surface area contributed by atoms with Gasteiger partial charge in [-0.25, -0.2) is 4.98 Å². The zero-order chi connectivity index (χ0) is 14.8. The molecule has 0 atom stereocenters. The average molecular weight is 281 g/mol. The third kappa shape index (κ3) is 2.55. The molecule has 0 spiro atoms. The zero-order valence-corrected chi connectivity index (χ0v) is 11.8. The molecule has 1 amide bonds. The topological polar surface area (TPSA) is 75.6 Å². The molecule has 6 heteroatoms. The second kappa shape index (κ2) is 5.24. The van der Waals surface area contributed by atoms with E-state index in [2.05, 4.69) is 20.5 Å². The highest BCUT2D eigenvalue weighted by Crippen LogP contribution is 2.17. The zero-order valence-electron chi connectivity index (χ0n) is 11.8. The highest BCUT2D eigenvalue weighted by atomic mass is 16.1. The minimum Gasteiger partial charge on any atom is -0.321 e. The Bertz CT molecular complexity index is 756. The van der Waals surface area contributed by atoms with Gasteiger partial charge in [-0.05, 0) is 44.2 Å². The number of H-pyrrole nitrogens is 1. The van der Waals surface area contributed by atoms with Gasteiger partial charge in [0.25, 0.3) is 5.91 Å². The molecule has 1 aromatic carbocycles. The maximum absolute atomic E-state index is 11.9. The highest BCUT2D eigenvalue weighted by molar-refractivity contribution is 6.02. The van der Waals surface area contributed by atoms with Gasteiger partial charge in [0.05, 0.1) is 12.0 Å². The number of aromatic amines is 1. The van der Waals surface area contributed by atoms with E-state index in [9.17, 15) is 4.79 Å². The van der Waals surface area contributed by atoms with Gasteiger partial charge in [0.2, 0.25) is 0 Å². The van der Waals surface area contributed by atoms with Crippen molar-refractivity contribution in [3.8, 4) is 5.69 Å². The summed E-state index contributed by atoms with van der Waals surface area (Å²) in [5.41, 5.74) is 4.27. The summed E-state index contributed by atoms with van der Waals surface area (Å²) in [5.74, 6) is -0.213. The summed E-state index contributed by atoms with van der Waals surface area (Å²) in [6.45, 7) is 4.00. The van der Waals surface area contributed by atoms with Gasteiger partial charge in [-0.3, -0.25) is 9.89 Å². The molecule has 2 heterocycles. The summed E-state index contributed by atoms with van der Waals surface area (Å²) in [6.07, 6.45) is 3.34. The van der Waals surface area contributed by atoms with E-state index in [0.717, 1.165) is 22.8 Å². The molecular formula is C15H15N5O. The molecule has 0 aliphatic heterocycles. The molecule has 0 unspecified atom stereocenters. The molecule has 0 bridgehead atoms. The molecule has 2 aromatic heterocycles. The first-order chi connectivity index (χ1) is 10.1. The van der Waals surface area contributed by atoms with Crippen molar-refractivity contribution in [1.29, 1.82) is 0 Å². The van der Waals surface area contributed by atoms with Crippen LogP contribution >= 0.6 is 0 Å². The van der Waals surface area contributed by atoms with Crippen LogP contribution in [-0.2, 0) is 0 Å². The molecule has 0 aliphatic rings. The minimum absolute atomic E-state index is 0.213. The van der Waals surface area contributed by atoms with Crippen molar-refractivity contribution in [3.63, 3.8) is 0 Å². The molecule has 0 aliphatic carbocycles. The number of carbonyl (C=O) groups excluding carboxylic acids is 1. The molecule has 6 nitrogen and oxygen atoms in total. The molecule has 0 fully saturated rings. The lowest BCUT2D eigenvalue weighted by atomic mass is 10.2. The van der Waals surface area contributed by atoms with E-state index < -0.39 is 0 Å². The Balaban J connectivity index is 1.78. The number of imidazole rings is 1. The monoisotopic (exact) mass is 281 g/mol.